The molecule has 0 radical (unpaired) electrons. The van der Waals surface area contributed by atoms with Gasteiger partial charge in [-0.15, -0.1) is 0 Å². The van der Waals surface area contributed by atoms with Crippen LogP contribution in [0.3, 0.4) is 0 Å². The zero-order valence-electron chi connectivity index (χ0n) is 10.6. The lowest BCUT2D eigenvalue weighted by Gasteiger charge is -2.37. The third kappa shape index (κ3) is 2.34. The molecule has 5 heteroatoms. The average Bonchev–Trinajstić information content (AvgIpc) is 2.28. The molecule has 98 valence electrons. The fourth-order valence-electron chi connectivity index (χ4n) is 2.04. The van der Waals surface area contributed by atoms with Crippen molar-refractivity contribution in [1.29, 1.82) is 0 Å². The Morgan fingerprint density at radius 1 is 1.44 bits per heavy atom. The molecule has 0 fully saturated rings. The van der Waals surface area contributed by atoms with Crippen LogP contribution in [-0.4, -0.2) is 28.4 Å². The van der Waals surface area contributed by atoms with Crippen molar-refractivity contribution >= 4 is 11.9 Å². The van der Waals surface area contributed by atoms with E-state index in [4.69, 9.17) is 0 Å². The smallest absolute Gasteiger partial charge is 0.334 e. The Balaban J connectivity index is 3.40. The van der Waals surface area contributed by atoms with Crippen molar-refractivity contribution in [2.75, 3.05) is 6.54 Å². The molecule has 0 spiro atoms. The maximum absolute atomic E-state index is 13.2. The van der Waals surface area contributed by atoms with Gasteiger partial charge in [-0.05, 0) is 31.5 Å². The van der Waals surface area contributed by atoms with Gasteiger partial charge in [-0.3, -0.25) is 4.79 Å². The number of amides is 1. The molecule has 0 saturated heterocycles. The van der Waals surface area contributed by atoms with E-state index in [1.165, 1.54) is 36.9 Å². The maximum Gasteiger partial charge on any atom is 0.334 e. The topological polar surface area (TPSA) is 57.6 Å². The summed E-state index contributed by atoms with van der Waals surface area (Å²) in [5.74, 6) is -2.09. The number of hydrogen-bond acceptors (Lipinski definition) is 2. The lowest BCUT2D eigenvalue weighted by atomic mass is 9.89. The van der Waals surface area contributed by atoms with Crippen molar-refractivity contribution < 1.29 is 19.1 Å². The minimum Gasteiger partial charge on any atom is -0.479 e. The molecule has 18 heavy (non-hydrogen) atoms. The summed E-state index contributed by atoms with van der Waals surface area (Å²) in [5, 5.41) is 9.41. The third-order valence-electron chi connectivity index (χ3n) is 3.04. The number of nitrogens with zero attached hydrogens (tertiary/aromatic N) is 1. The SMILES string of the molecule is CCN(C(C)=O)C(C)(C(=O)O)c1cccc(F)c1. The van der Waals surface area contributed by atoms with E-state index in [0.717, 1.165) is 6.07 Å². The van der Waals surface area contributed by atoms with Gasteiger partial charge in [-0.25, -0.2) is 9.18 Å². The molecule has 4 nitrogen and oxygen atoms in total. The first-order valence-corrected chi connectivity index (χ1v) is 5.61. The second-order valence-corrected chi connectivity index (χ2v) is 4.15. The zero-order valence-corrected chi connectivity index (χ0v) is 10.6. The van der Waals surface area contributed by atoms with Gasteiger partial charge in [0.05, 0.1) is 0 Å². The van der Waals surface area contributed by atoms with Crippen LogP contribution in [0.15, 0.2) is 24.3 Å². The van der Waals surface area contributed by atoms with Crippen LogP contribution in [0.2, 0.25) is 0 Å². The molecule has 1 atom stereocenters. The van der Waals surface area contributed by atoms with Crippen LogP contribution >= 0.6 is 0 Å². The fourth-order valence-corrected chi connectivity index (χ4v) is 2.04. The first-order chi connectivity index (χ1) is 8.33. The predicted octanol–water partition coefficient (Wildman–Crippen LogP) is 1.99. The molecule has 0 bridgehead atoms. The minimum atomic E-state index is -1.57. The molecule has 1 unspecified atom stereocenters. The van der Waals surface area contributed by atoms with Crippen molar-refractivity contribution in [3.05, 3.63) is 35.6 Å². The highest BCUT2D eigenvalue weighted by Gasteiger charge is 2.42. The minimum absolute atomic E-state index is 0.231. The summed E-state index contributed by atoms with van der Waals surface area (Å²) in [7, 11) is 0. The van der Waals surface area contributed by atoms with E-state index in [1.807, 2.05) is 0 Å². The number of carbonyl (C=O) groups is 2. The standard InChI is InChI=1S/C13H16FNO3/c1-4-15(9(2)16)13(3,12(17)18)10-6-5-7-11(14)8-10/h5-8H,4H2,1-3H3,(H,17,18). The molecule has 0 aromatic heterocycles. The van der Waals surface area contributed by atoms with Crippen molar-refractivity contribution in [2.24, 2.45) is 0 Å². The van der Waals surface area contributed by atoms with Gasteiger partial charge in [0, 0.05) is 13.5 Å². The fraction of sp³-hybridized carbons (Fsp3) is 0.385. The van der Waals surface area contributed by atoms with E-state index in [-0.39, 0.29) is 18.0 Å². The number of aliphatic carboxylic acids is 1. The summed E-state index contributed by atoms with van der Waals surface area (Å²) in [4.78, 5) is 24.3. The van der Waals surface area contributed by atoms with Crippen LogP contribution in [-0.2, 0) is 15.1 Å². The molecule has 1 N–H and O–H groups in total. The Morgan fingerprint density at radius 2 is 2.06 bits per heavy atom. The number of rotatable bonds is 4. The molecular formula is C13H16FNO3. The summed E-state index contributed by atoms with van der Waals surface area (Å²) >= 11 is 0. The Bertz CT molecular complexity index is 475. The van der Waals surface area contributed by atoms with E-state index >= 15 is 0 Å². The third-order valence-corrected chi connectivity index (χ3v) is 3.04. The number of halogens is 1. The summed E-state index contributed by atoms with van der Waals surface area (Å²) in [6, 6.07) is 5.30. The van der Waals surface area contributed by atoms with Gasteiger partial charge >= 0.3 is 5.97 Å². The molecule has 1 aromatic carbocycles. The summed E-state index contributed by atoms with van der Waals surface area (Å²) in [6.45, 7) is 4.61. The van der Waals surface area contributed by atoms with Gasteiger partial charge in [0.1, 0.15) is 5.82 Å². The summed E-state index contributed by atoms with van der Waals surface area (Å²) in [6.07, 6.45) is 0. The maximum atomic E-state index is 13.2. The predicted molar refractivity (Wildman–Crippen MR) is 64.4 cm³/mol. The van der Waals surface area contributed by atoms with Gasteiger partial charge in [0.2, 0.25) is 5.91 Å². The van der Waals surface area contributed by atoms with Crippen molar-refractivity contribution in [3.63, 3.8) is 0 Å². The number of carboxylic acid groups (broad SMARTS) is 1. The number of hydrogen-bond donors (Lipinski definition) is 1. The molecule has 0 saturated carbocycles. The molecule has 1 amide bonds. The van der Waals surface area contributed by atoms with Crippen LogP contribution < -0.4 is 0 Å². The first kappa shape index (κ1) is 14.2. The number of carbonyl (C=O) groups excluding carboxylic acids is 1. The number of benzene rings is 1. The Labute approximate surface area is 105 Å². The van der Waals surface area contributed by atoms with E-state index in [0.29, 0.717) is 0 Å². The van der Waals surface area contributed by atoms with Crippen LogP contribution in [0.25, 0.3) is 0 Å². The quantitative estimate of drug-likeness (QED) is 0.892. The van der Waals surface area contributed by atoms with Gasteiger partial charge in [0.15, 0.2) is 5.54 Å². The lowest BCUT2D eigenvalue weighted by molar-refractivity contribution is -0.158. The van der Waals surface area contributed by atoms with Crippen molar-refractivity contribution in [2.45, 2.75) is 26.3 Å². The van der Waals surface area contributed by atoms with Gasteiger partial charge in [-0.2, -0.15) is 0 Å². The van der Waals surface area contributed by atoms with E-state index in [9.17, 15) is 19.1 Å². The Hall–Kier alpha value is -1.91. The van der Waals surface area contributed by atoms with Crippen LogP contribution in [0.5, 0.6) is 0 Å². The molecular weight excluding hydrogens is 237 g/mol. The van der Waals surface area contributed by atoms with Crippen LogP contribution in [0.1, 0.15) is 26.3 Å². The van der Waals surface area contributed by atoms with Gasteiger partial charge in [0.25, 0.3) is 0 Å². The monoisotopic (exact) mass is 253 g/mol. The molecule has 0 aliphatic rings. The second kappa shape index (κ2) is 5.16. The van der Waals surface area contributed by atoms with E-state index < -0.39 is 17.3 Å². The van der Waals surface area contributed by atoms with Crippen molar-refractivity contribution in [3.8, 4) is 0 Å². The molecule has 0 aliphatic carbocycles. The highest BCUT2D eigenvalue weighted by Crippen LogP contribution is 2.29. The number of carboxylic acids is 1. The molecule has 0 aliphatic heterocycles. The normalized spacial score (nSPS) is 13.8. The molecule has 0 heterocycles. The molecule has 1 rings (SSSR count). The first-order valence-electron chi connectivity index (χ1n) is 5.61. The van der Waals surface area contributed by atoms with Crippen molar-refractivity contribution in [1.82, 2.24) is 4.90 Å². The van der Waals surface area contributed by atoms with Gasteiger partial charge in [-0.1, -0.05) is 12.1 Å². The highest BCUT2D eigenvalue weighted by atomic mass is 19.1. The molecule has 1 aromatic rings. The van der Waals surface area contributed by atoms with E-state index in [2.05, 4.69) is 0 Å². The van der Waals surface area contributed by atoms with E-state index in [1.54, 1.807) is 6.92 Å². The highest BCUT2D eigenvalue weighted by molar-refractivity contribution is 5.87. The van der Waals surface area contributed by atoms with Crippen LogP contribution in [0, 0.1) is 5.82 Å². The number of likely N-dealkylation sites (N-methyl/N-ethyl adjacent to an activating group) is 1. The lowest BCUT2D eigenvalue weighted by Crippen LogP contribution is -2.52. The second-order valence-electron chi connectivity index (χ2n) is 4.15. The Morgan fingerprint density at radius 3 is 2.44 bits per heavy atom. The zero-order chi connectivity index (χ0) is 13.9. The Kier molecular flexibility index (Phi) is 4.06. The van der Waals surface area contributed by atoms with Crippen LogP contribution in [0.4, 0.5) is 4.39 Å². The average molecular weight is 253 g/mol. The summed E-state index contributed by atoms with van der Waals surface area (Å²) < 4.78 is 13.2. The largest absolute Gasteiger partial charge is 0.479 e. The van der Waals surface area contributed by atoms with Gasteiger partial charge < -0.3 is 10.0 Å². The summed E-state index contributed by atoms with van der Waals surface area (Å²) in [5.41, 5.74) is -1.32.